The third-order valence-electron chi connectivity index (χ3n) is 9.02. The number of ether oxygens (including phenoxy) is 1. The van der Waals surface area contributed by atoms with E-state index in [-0.39, 0.29) is 29.4 Å². The minimum atomic E-state index is -0.886. The number of likely N-dealkylation sites (tertiary alicyclic amines) is 1. The van der Waals surface area contributed by atoms with Gasteiger partial charge in [-0.05, 0) is 76.5 Å². The SMILES string of the molecule is CC(=O)C(CC1CC1)NC(=O)C1C[C@@H](C)CN1C(=O)[C@@H](NC(=O)C(NC(=O)OC(C)(C)C)C1(C)CCCCC1)C(C)C. The van der Waals surface area contributed by atoms with Gasteiger partial charge in [0.15, 0.2) is 5.78 Å². The number of alkyl carbamates (subject to hydrolysis) is 1. The highest BCUT2D eigenvalue weighted by atomic mass is 16.6. The summed E-state index contributed by atoms with van der Waals surface area (Å²) < 4.78 is 5.49. The van der Waals surface area contributed by atoms with E-state index in [1.165, 1.54) is 6.92 Å². The van der Waals surface area contributed by atoms with Crippen molar-refractivity contribution in [3.63, 3.8) is 0 Å². The maximum atomic E-state index is 14.0. The van der Waals surface area contributed by atoms with Crippen LogP contribution >= 0.6 is 0 Å². The Morgan fingerprint density at radius 3 is 2.12 bits per heavy atom. The van der Waals surface area contributed by atoms with Crippen molar-refractivity contribution in [1.29, 1.82) is 0 Å². The zero-order chi connectivity index (χ0) is 31.4. The molecule has 2 aliphatic carbocycles. The van der Waals surface area contributed by atoms with Crippen molar-refractivity contribution in [2.45, 2.75) is 143 Å². The number of ketones is 1. The standard InChI is InChI=1S/C32H54N4O6/c1-19(2)25(34-28(39)26(32(8)14-10-9-11-15-32)35-30(41)42-31(5,6)7)29(40)36-18-20(3)16-24(36)27(38)33-23(21(4)37)17-22-12-13-22/h19-20,22-26H,9-18H2,1-8H3,(H,33,38)(H,34,39)(H,35,41)/t20-,23?,24?,25+,26?/m1/s1. The van der Waals surface area contributed by atoms with Crippen LogP contribution in [0.2, 0.25) is 0 Å². The van der Waals surface area contributed by atoms with E-state index in [2.05, 4.69) is 16.0 Å². The van der Waals surface area contributed by atoms with Crippen LogP contribution in [0.15, 0.2) is 0 Å². The average molecular weight is 591 g/mol. The van der Waals surface area contributed by atoms with Gasteiger partial charge in [0, 0.05) is 6.54 Å². The zero-order valence-electron chi connectivity index (χ0n) is 27.0. The Kier molecular flexibility index (Phi) is 11.1. The second-order valence-electron chi connectivity index (χ2n) is 14.7. The summed E-state index contributed by atoms with van der Waals surface area (Å²) in [6.45, 7) is 14.9. The maximum Gasteiger partial charge on any atom is 0.408 e. The molecule has 3 rings (SSSR count). The van der Waals surface area contributed by atoms with Crippen LogP contribution in [0, 0.1) is 23.2 Å². The average Bonchev–Trinajstić information content (AvgIpc) is 3.61. The van der Waals surface area contributed by atoms with Gasteiger partial charge in [0.05, 0.1) is 6.04 Å². The summed E-state index contributed by atoms with van der Waals surface area (Å²) in [6, 6.07) is -3.02. The summed E-state index contributed by atoms with van der Waals surface area (Å²) in [4.78, 5) is 68.0. The summed E-state index contributed by atoms with van der Waals surface area (Å²) in [6.07, 6.45) is 7.12. The third kappa shape index (κ3) is 9.17. The molecule has 0 radical (unpaired) electrons. The van der Waals surface area contributed by atoms with Crippen molar-refractivity contribution in [2.75, 3.05) is 6.54 Å². The zero-order valence-corrected chi connectivity index (χ0v) is 27.0. The minimum absolute atomic E-state index is 0.0776. The number of hydrogen-bond donors (Lipinski definition) is 3. The molecule has 1 heterocycles. The summed E-state index contributed by atoms with van der Waals surface area (Å²) in [5.74, 6) is -0.848. The fourth-order valence-electron chi connectivity index (χ4n) is 6.38. The molecule has 3 aliphatic rings. The first-order valence-corrected chi connectivity index (χ1v) is 15.9. The molecule has 1 aliphatic heterocycles. The first-order valence-electron chi connectivity index (χ1n) is 15.9. The second-order valence-corrected chi connectivity index (χ2v) is 14.7. The van der Waals surface area contributed by atoms with Gasteiger partial charge >= 0.3 is 6.09 Å². The van der Waals surface area contributed by atoms with Gasteiger partial charge in [0.2, 0.25) is 17.7 Å². The lowest BCUT2D eigenvalue weighted by Crippen LogP contribution is -2.62. The van der Waals surface area contributed by atoms with E-state index in [9.17, 15) is 24.0 Å². The molecule has 238 valence electrons. The maximum absolute atomic E-state index is 14.0. The number of carbonyl (C=O) groups excluding carboxylic acids is 5. The fourth-order valence-corrected chi connectivity index (χ4v) is 6.38. The van der Waals surface area contributed by atoms with Crippen molar-refractivity contribution >= 4 is 29.6 Å². The van der Waals surface area contributed by atoms with Gasteiger partial charge in [-0.1, -0.05) is 59.8 Å². The summed E-state index contributed by atoms with van der Waals surface area (Å²) >= 11 is 0. The van der Waals surface area contributed by atoms with Gasteiger partial charge in [-0.15, -0.1) is 0 Å². The van der Waals surface area contributed by atoms with E-state index < -0.39 is 47.2 Å². The van der Waals surface area contributed by atoms with Crippen LogP contribution in [0.3, 0.4) is 0 Å². The van der Waals surface area contributed by atoms with Crippen molar-refractivity contribution in [3.8, 4) is 0 Å². The largest absolute Gasteiger partial charge is 0.444 e. The van der Waals surface area contributed by atoms with Gasteiger partial charge < -0.3 is 25.6 Å². The van der Waals surface area contributed by atoms with Crippen LogP contribution in [0.5, 0.6) is 0 Å². The van der Waals surface area contributed by atoms with Crippen molar-refractivity contribution in [1.82, 2.24) is 20.9 Å². The number of carbonyl (C=O) groups is 5. The molecule has 5 atom stereocenters. The summed E-state index contributed by atoms with van der Waals surface area (Å²) in [5.41, 5.74) is -1.21. The normalized spacial score (nSPS) is 24.4. The lowest BCUT2D eigenvalue weighted by molar-refractivity contribution is -0.143. The fraction of sp³-hybridized carbons (Fsp3) is 0.844. The second kappa shape index (κ2) is 13.8. The Balaban J connectivity index is 1.78. The Morgan fingerprint density at radius 1 is 0.976 bits per heavy atom. The van der Waals surface area contributed by atoms with E-state index in [1.807, 2.05) is 27.7 Å². The molecular formula is C32H54N4O6. The molecule has 1 saturated heterocycles. The first kappa shape index (κ1) is 33.8. The Labute approximate surface area is 251 Å². The number of Topliss-reactive ketones (excluding diaryl/α,β-unsaturated/α-hetero) is 1. The molecule has 3 unspecified atom stereocenters. The molecule has 0 spiro atoms. The van der Waals surface area contributed by atoms with Crippen LogP contribution in [0.4, 0.5) is 4.79 Å². The first-order chi connectivity index (χ1) is 19.5. The quantitative estimate of drug-likeness (QED) is 0.332. The number of nitrogens with one attached hydrogen (secondary N) is 3. The number of hydrogen-bond acceptors (Lipinski definition) is 6. The predicted octanol–water partition coefficient (Wildman–Crippen LogP) is 4.10. The Morgan fingerprint density at radius 2 is 1.60 bits per heavy atom. The van der Waals surface area contributed by atoms with Gasteiger partial charge in [0.1, 0.15) is 23.7 Å². The van der Waals surface area contributed by atoms with Crippen molar-refractivity contribution in [3.05, 3.63) is 0 Å². The van der Waals surface area contributed by atoms with Crippen LogP contribution in [0.1, 0.15) is 113 Å². The Bertz CT molecular complexity index is 1010. The predicted molar refractivity (Wildman–Crippen MR) is 160 cm³/mol. The molecule has 0 aromatic heterocycles. The highest BCUT2D eigenvalue weighted by Crippen LogP contribution is 2.39. The third-order valence-corrected chi connectivity index (χ3v) is 9.02. The molecule has 0 aromatic rings. The molecule has 0 aromatic carbocycles. The molecule has 42 heavy (non-hydrogen) atoms. The number of amides is 4. The monoisotopic (exact) mass is 590 g/mol. The molecule has 3 N–H and O–H groups in total. The molecule has 3 fully saturated rings. The molecular weight excluding hydrogens is 536 g/mol. The number of rotatable bonds is 11. The number of nitrogens with zero attached hydrogens (tertiary/aromatic N) is 1. The Hall–Kier alpha value is -2.65. The van der Waals surface area contributed by atoms with E-state index in [1.54, 1.807) is 25.7 Å². The van der Waals surface area contributed by atoms with Crippen molar-refractivity contribution in [2.24, 2.45) is 23.2 Å². The van der Waals surface area contributed by atoms with E-state index in [0.29, 0.717) is 25.3 Å². The van der Waals surface area contributed by atoms with E-state index >= 15 is 0 Å². The molecule has 10 heteroatoms. The smallest absolute Gasteiger partial charge is 0.408 e. The summed E-state index contributed by atoms with van der Waals surface area (Å²) in [5, 5.41) is 8.71. The van der Waals surface area contributed by atoms with Crippen LogP contribution in [0.25, 0.3) is 0 Å². The molecule has 2 saturated carbocycles. The summed E-state index contributed by atoms with van der Waals surface area (Å²) in [7, 11) is 0. The van der Waals surface area contributed by atoms with E-state index in [4.69, 9.17) is 4.74 Å². The van der Waals surface area contributed by atoms with Gasteiger partial charge in [-0.25, -0.2) is 4.79 Å². The lowest BCUT2D eigenvalue weighted by Gasteiger charge is -2.41. The lowest BCUT2D eigenvalue weighted by atomic mass is 9.70. The van der Waals surface area contributed by atoms with Gasteiger partial charge in [-0.2, -0.15) is 0 Å². The van der Waals surface area contributed by atoms with Gasteiger partial charge in [-0.3, -0.25) is 19.2 Å². The van der Waals surface area contributed by atoms with Crippen LogP contribution in [-0.2, 0) is 23.9 Å². The highest BCUT2D eigenvalue weighted by Gasteiger charge is 2.46. The molecule has 10 nitrogen and oxygen atoms in total. The van der Waals surface area contributed by atoms with Crippen LogP contribution < -0.4 is 16.0 Å². The van der Waals surface area contributed by atoms with Gasteiger partial charge in [0.25, 0.3) is 0 Å². The van der Waals surface area contributed by atoms with Crippen molar-refractivity contribution < 1.29 is 28.7 Å². The minimum Gasteiger partial charge on any atom is -0.444 e. The highest BCUT2D eigenvalue weighted by molar-refractivity contribution is 5.96. The van der Waals surface area contributed by atoms with E-state index in [0.717, 1.165) is 44.9 Å². The molecule has 4 amide bonds. The molecule has 0 bridgehead atoms. The topological polar surface area (TPSA) is 134 Å². The van der Waals surface area contributed by atoms with Crippen LogP contribution in [-0.4, -0.2) is 70.8 Å².